The highest BCUT2D eigenvalue weighted by molar-refractivity contribution is 5.85. The Morgan fingerprint density at radius 2 is 2.36 bits per heavy atom. The number of halogens is 1. The van der Waals surface area contributed by atoms with Gasteiger partial charge in [-0.1, -0.05) is 6.07 Å². The first-order valence-corrected chi connectivity index (χ1v) is 4.72. The van der Waals surface area contributed by atoms with Gasteiger partial charge in [0.25, 0.3) is 0 Å². The van der Waals surface area contributed by atoms with Gasteiger partial charge in [0.15, 0.2) is 0 Å². The second kappa shape index (κ2) is 5.29. The summed E-state index contributed by atoms with van der Waals surface area (Å²) in [5.74, 6) is 0. The van der Waals surface area contributed by atoms with Crippen molar-refractivity contribution >= 4 is 12.4 Å². The fourth-order valence-electron chi connectivity index (χ4n) is 1.73. The van der Waals surface area contributed by atoms with Crippen molar-refractivity contribution in [2.24, 2.45) is 5.73 Å². The van der Waals surface area contributed by atoms with Gasteiger partial charge >= 0.3 is 0 Å². The van der Waals surface area contributed by atoms with Gasteiger partial charge in [-0.05, 0) is 18.6 Å². The average Bonchev–Trinajstić information content (AvgIpc) is 2.53. The molecule has 1 saturated heterocycles. The zero-order valence-electron chi connectivity index (χ0n) is 8.10. The topological polar surface area (TPSA) is 42.1 Å². The van der Waals surface area contributed by atoms with Crippen molar-refractivity contribution in [2.45, 2.75) is 19.0 Å². The third-order valence-electron chi connectivity index (χ3n) is 2.42. The first kappa shape index (κ1) is 11.4. The Balaban J connectivity index is 0.000000980. The molecule has 1 aromatic rings. The summed E-state index contributed by atoms with van der Waals surface area (Å²) >= 11 is 0. The van der Waals surface area contributed by atoms with E-state index in [0.717, 1.165) is 31.7 Å². The Bertz CT molecular complexity index is 265. The molecular formula is C10H16ClN3. The number of aromatic nitrogens is 1. The van der Waals surface area contributed by atoms with Crippen molar-refractivity contribution in [1.29, 1.82) is 0 Å². The van der Waals surface area contributed by atoms with Crippen LogP contribution in [0.1, 0.15) is 12.1 Å². The van der Waals surface area contributed by atoms with E-state index in [1.54, 1.807) is 0 Å². The number of rotatable bonds is 2. The summed E-state index contributed by atoms with van der Waals surface area (Å²) in [5, 5.41) is 0. The quantitative estimate of drug-likeness (QED) is 0.798. The standard InChI is InChI=1S/C10H15N3.ClH/c11-9-4-6-13(7-9)8-10-3-1-2-5-12-10;/h1-3,5,9H,4,6-8,11H2;1H/t9-;/m0./s1. The van der Waals surface area contributed by atoms with E-state index in [2.05, 4.69) is 16.0 Å². The maximum absolute atomic E-state index is 5.82. The van der Waals surface area contributed by atoms with Gasteiger partial charge in [0.05, 0.1) is 5.69 Å². The molecule has 1 aliphatic rings. The van der Waals surface area contributed by atoms with Crippen molar-refractivity contribution in [3.8, 4) is 0 Å². The summed E-state index contributed by atoms with van der Waals surface area (Å²) in [6, 6.07) is 6.39. The Kier molecular flexibility index (Phi) is 4.32. The first-order valence-electron chi connectivity index (χ1n) is 4.72. The van der Waals surface area contributed by atoms with Crippen LogP contribution in [-0.2, 0) is 6.54 Å². The van der Waals surface area contributed by atoms with E-state index in [9.17, 15) is 0 Å². The molecule has 0 saturated carbocycles. The van der Waals surface area contributed by atoms with Crippen LogP contribution in [-0.4, -0.2) is 29.0 Å². The fraction of sp³-hybridized carbons (Fsp3) is 0.500. The lowest BCUT2D eigenvalue weighted by Crippen LogP contribution is -2.26. The molecule has 0 aromatic carbocycles. The van der Waals surface area contributed by atoms with Crippen LogP contribution in [0.25, 0.3) is 0 Å². The maximum Gasteiger partial charge on any atom is 0.0543 e. The molecule has 0 unspecified atom stereocenters. The predicted octanol–water partition coefficient (Wildman–Crippen LogP) is 1.04. The molecule has 3 nitrogen and oxygen atoms in total. The Labute approximate surface area is 90.7 Å². The minimum Gasteiger partial charge on any atom is -0.326 e. The zero-order chi connectivity index (χ0) is 9.10. The van der Waals surface area contributed by atoms with Crippen LogP contribution in [0.5, 0.6) is 0 Å². The molecular weight excluding hydrogens is 198 g/mol. The van der Waals surface area contributed by atoms with Crippen molar-refractivity contribution in [3.63, 3.8) is 0 Å². The van der Waals surface area contributed by atoms with Crippen LogP contribution >= 0.6 is 12.4 Å². The van der Waals surface area contributed by atoms with Crippen LogP contribution in [0.4, 0.5) is 0 Å². The molecule has 78 valence electrons. The number of nitrogens with zero attached hydrogens (tertiary/aromatic N) is 2. The van der Waals surface area contributed by atoms with E-state index in [0.29, 0.717) is 6.04 Å². The molecule has 0 bridgehead atoms. The Morgan fingerprint density at radius 1 is 1.50 bits per heavy atom. The molecule has 14 heavy (non-hydrogen) atoms. The van der Waals surface area contributed by atoms with E-state index in [1.165, 1.54) is 0 Å². The SMILES string of the molecule is Cl.N[C@H]1CCN(Cc2ccccn2)C1. The molecule has 4 heteroatoms. The number of hydrogen-bond acceptors (Lipinski definition) is 3. The molecule has 0 aliphatic carbocycles. The van der Waals surface area contributed by atoms with Crippen LogP contribution < -0.4 is 5.73 Å². The zero-order valence-corrected chi connectivity index (χ0v) is 8.91. The smallest absolute Gasteiger partial charge is 0.0543 e. The third-order valence-corrected chi connectivity index (χ3v) is 2.42. The summed E-state index contributed by atoms with van der Waals surface area (Å²) in [4.78, 5) is 6.64. The average molecular weight is 214 g/mol. The highest BCUT2D eigenvalue weighted by atomic mass is 35.5. The lowest BCUT2D eigenvalue weighted by atomic mass is 10.3. The largest absolute Gasteiger partial charge is 0.326 e. The molecule has 2 heterocycles. The molecule has 1 aromatic heterocycles. The molecule has 0 amide bonds. The van der Waals surface area contributed by atoms with Gasteiger partial charge in [-0.3, -0.25) is 9.88 Å². The van der Waals surface area contributed by atoms with Crippen molar-refractivity contribution in [1.82, 2.24) is 9.88 Å². The lowest BCUT2D eigenvalue weighted by molar-refractivity contribution is 0.323. The van der Waals surface area contributed by atoms with Crippen LogP contribution in [0.3, 0.4) is 0 Å². The van der Waals surface area contributed by atoms with Gasteiger partial charge in [-0.25, -0.2) is 0 Å². The summed E-state index contributed by atoms with van der Waals surface area (Å²) in [5.41, 5.74) is 6.95. The minimum atomic E-state index is 0. The minimum absolute atomic E-state index is 0. The van der Waals surface area contributed by atoms with Crippen LogP contribution in [0, 0.1) is 0 Å². The van der Waals surface area contributed by atoms with Gasteiger partial charge in [-0.15, -0.1) is 12.4 Å². The van der Waals surface area contributed by atoms with E-state index >= 15 is 0 Å². The second-order valence-corrected chi connectivity index (χ2v) is 3.60. The molecule has 1 atom stereocenters. The summed E-state index contributed by atoms with van der Waals surface area (Å²) < 4.78 is 0. The van der Waals surface area contributed by atoms with Gasteiger partial charge in [0.2, 0.25) is 0 Å². The van der Waals surface area contributed by atoms with Crippen molar-refractivity contribution in [3.05, 3.63) is 30.1 Å². The molecule has 1 aliphatic heterocycles. The maximum atomic E-state index is 5.82. The van der Waals surface area contributed by atoms with Crippen molar-refractivity contribution in [2.75, 3.05) is 13.1 Å². The lowest BCUT2D eigenvalue weighted by Gasteiger charge is -2.13. The molecule has 0 spiro atoms. The van der Waals surface area contributed by atoms with Gasteiger partial charge in [0, 0.05) is 31.9 Å². The Morgan fingerprint density at radius 3 is 2.93 bits per heavy atom. The van der Waals surface area contributed by atoms with E-state index in [1.807, 2.05) is 18.3 Å². The van der Waals surface area contributed by atoms with Gasteiger partial charge in [-0.2, -0.15) is 0 Å². The monoisotopic (exact) mass is 213 g/mol. The number of hydrogen-bond donors (Lipinski definition) is 1. The molecule has 0 radical (unpaired) electrons. The van der Waals surface area contributed by atoms with Gasteiger partial charge in [0.1, 0.15) is 0 Å². The van der Waals surface area contributed by atoms with E-state index < -0.39 is 0 Å². The Hall–Kier alpha value is -0.640. The predicted molar refractivity (Wildman–Crippen MR) is 59.4 cm³/mol. The molecule has 1 fully saturated rings. The molecule has 2 rings (SSSR count). The fourth-order valence-corrected chi connectivity index (χ4v) is 1.73. The van der Waals surface area contributed by atoms with E-state index in [4.69, 9.17) is 5.73 Å². The van der Waals surface area contributed by atoms with Crippen LogP contribution in [0.15, 0.2) is 24.4 Å². The second-order valence-electron chi connectivity index (χ2n) is 3.60. The highest BCUT2D eigenvalue weighted by Gasteiger charge is 2.18. The third kappa shape index (κ3) is 2.94. The van der Waals surface area contributed by atoms with Crippen molar-refractivity contribution < 1.29 is 0 Å². The number of nitrogens with two attached hydrogens (primary N) is 1. The summed E-state index contributed by atoms with van der Waals surface area (Å²) in [6.07, 6.45) is 2.96. The van der Waals surface area contributed by atoms with E-state index in [-0.39, 0.29) is 12.4 Å². The summed E-state index contributed by atoms with van der Waals surface area (Å²) in [7, 11) is 0. The number of pyridine rings is 1. The first-order chi connectivity index (χ1) is 6.34. The normalized spacial score (nSPS) is 21.9. The number of likely N-dealkylation sites (tertiary alicyclic amines) is 1. The molecule has 2 N–H and O–H groups in total. The summed E-state index contributed by atoms with van der Waals surface area (Å²) in [6.45, 7) is 3.06. The van der Waals surface area contributed by atoms with Crippen LogP contribution in [0.2, 0.25) is 0 Å². The highest BCUT2D eigenvalue weighted by Crippen LogP contribution is 2.10. The van der Waals surface area contributed by atoms with Gasteiger partial charge < -0.3 is 5.73 Å².